The van der Waals surface area contributed by atoms with E-state index in [4.69, 9.17) is 9.84 Å². The number of carbonyl (C=O) groups is 1. The van der Waals surface area contributed by atoms with Gasteiger partial charge in [-0.2, -0.15) is 0 Å². The number of alkyl halides is 1. The van der Waals surface area contributed by atoms with Crippen molar-refractivity contribution in [3.63, 3.8) is 0 Å². The molecule has 0 saturated heterocycles. The maximum absolute atomic E-state index is 12.9. The lowest BCUT2D eigenvalue weighted by Gasteiger charge is -2.10. The van der Waals surface area contributed by atoms with E-state index in [-0.39, 0.29) is 12.2 Å². The van der Waals surface area contributed by atoms with E-state index in [1.54, 1.807) is 12.3 Å². The fourth-order valence-corrected chi connectivity index (χ4v) is 1.81. The average molecular weight is 282 g/mol. The van der Waals surface area contributed by atoms with Crippen LogP contribution in [0.3, 0.4) is 0 Å². The normalized spacial score (nSPS) is 10.4. The first-order chi connectivity index (χ1) is 9.11. The maximum atomic E-state index is 12.9. The second-order valence-electron chi connectivity index (χ2n) is 3.75. The van der Waals surface area contributed by atoms with E-state index in [0.29, 0.717) is 17.0 Å². The van der Waals surface area contributed by atoms with Crippen molar-refractivity contribution in [3.05, 3.63) is 47.2 Å². The van der Waals surface area contributed by atoms with Crippen LogP contribution in [0.15, 0.2) is 30.5 Å². The molecule has 0 aliphatic heterocycles. The van der Waals surface area contributed by atoms with Crippen LogP contribution in [0.2, 0.25) is 0 Å². The first-order valence-electron chi connectivity index (χ1n) is 5.39. The Kier molecular flexibility index (Phi) is 4.06. The molecule has 0 bridgehead atoms. The summed E-state index contributed by atoms with van der Waals surface area (Å²) < 4.78 is 19.5. The van der Waals surface area contributed by atoms with Gasteiger partial charge in [0.15, 0.2) is 0 Å². The highest BCUT2D eigenvalue weighted by Crippen LogP contribution is 2.19. The van der Waals surface area contributed by atoms with Gasteiger partial charge < -0.3 is 9.84 Å². The number of carboxylic acid groups (broad SMARTS) is 1. The molecule has 19 heavy (non-hydrogen) atoms. The quantitative estimate of drug-likeness (QED) is 0.826. The van der Waals surface area contributed by atoms with E-state index in [1.807, 2.05) is 0 Å². The summed E-state index contributed by atoms with van der Waals surface area (Å²) in [7, 11) is 0. The van der Waals surface area contributed by atoms with E-state index < -0.39 is 12.6 Å². The molecule has 0 aliphatic carbocycles. The van der Waals surface area contributed by atoms with E-state index in [2.05, 4.69) is 17.9 Å². The zero-order valence-corrected chi connectivity index (χ0v) is 10.7. The van der Waals surface area contributed by atoms with Crippen molar-refractivity contribution >= 4 is 18.8 Å². The molecular formula is C12H11FN2O3S. The number of aromatic carboxylic acids is 1. The van der Waals surface area contributed by atoms with E-state index in [0.717, 1.165) is 0 Å². The number of halogens is 1. The largest absolute Gasteiger partial charge is 0.478 e. The Balaban J connectivity index is 2.25. The number of hydrogen-bond acceptors (Lipinski definition) is 4. The summed E-state index contributed by atoms with van der Waals surface area (Å²) in [4.78, 5) is 11.1. The van der Waals surface area contributed by atoms with Gasteiger partial charge in [-0.25, -0.2) is 13.3 Å². The van der Waals surface area contributed by atoms with Crippen molar-refractivity contribution < 1.29 is 19.0 Å². The molecule has 0 fully saturated rings. The van der Waals surface area contributed by atoms with Gasteiger partial charge in [0.25, 0.3) is 0 Å². The number of ether oxygens (including phenoxy) is 1. The summed E-state index contributed by atoms with van der Waals surface area (Å²) in [6.45, 7) is -0.812. The molecule has 5 nitrogen and oxygen atoms in total. The third-order valence-corrected chi connectivity index (χ3v) is 2.79. The monoisotopic (exact) mass is 282 g/mol. The van der Waals surface area contributed by atoms with Crippen LogP contribution in [0, 0.1) is 0 Å². The van der Waals surface area contributed by atoms with Gasteiger partial charge in [-0.05, 0) is 24.4 Å². The Morgan fingerprint density at radius 3 is 2.84 bits per heavy atom. The SMILES string of the molecule is O=C(O)c1cccc(CF)c1COc1ccn(S)n1. The number of rotatable bonds is 5. The van der Waals surface area contributed by atoms with Gasteiger partial charge >= 0.3 is 5.97 Å². The highest BCUT2D eigenvalue weighted by atomic mass is 32.1. The van der Waals surface area contributed by atoms with Gasteiger partial charge in [0, 0.05) is 17.8 Å². The minimum Gasteiger partial charge on any atom is -0.478 e. The number of carboxylic acids is 1. The third kappa shape index (κ3) is 3.05. The molecule has 2 rings (SSSR count). The second kappa shape index (κ2) is 5.75. The van der Waals surface area contributed by atoms with Gasteiger partial charge in [-0.3, -0.25) is 0 Å². The van der Waals surface area contributed by atoms with E-state index in [1.165, 1.54) is 22.3 Å². The van der Waals surface area contributed by atoms with Crippen LogP contribution in [0.5, 0.6) is 5.88 Å². The molecule has 1 heterocycles. The van der Waals surface area contributed by atoms with Crippen molar-refractivity contribution in [3.8, 4) is 5.88 Å². The van der Waals surface area contributed by atoms with Crippen LogP contribution in [0.4, 0.5) is 4.39 Å². The predicted molar refractivity (Wildman–Crippen MR) is 69.2 cm³/mol. The number of nitrogens with zero attached hydrogens (tertiary/aromatic N) is 2. The van der Waals surface area contributed by atoms with Crippen molar-refractivity contribution in [2.45, 2.75) is 13.3 Å². The van der Waals surface area contributed by atoms with Crippen LogP contribution in [0.25, 0.3) is 0 Å². The zero-order chi connectivity index (χ0) is 13.8. The molecular weight excluding hydrogens is 271 g/mol. The van der Waals surface area contributed by atoms with Crippen LogP contribution >= 0.6 is 12.8 Å². The van der Waals surface area contributed by atoms with Gasteiger partial charge in [0.2, 0.25) is 5.88 Å². The molecule has 7 heteroatoms. The fourth-order valence-electron chi connectivity index (χ4n) is 1.65. The topological polar surface area (TPSA) is 64.3 Å². The van der Waals surface area contributed by atoms with Gasteiger partial charge in [-0.15, -0.1) is 5.10 Å². The lowest BCUT2D eigenvalue weighted by Crippen LogP contribution is -2.08. The highest BCUT2D eigenvalue weighted by Gasteiger charge is 2.14. The molecule has 0 saturated carbocycles. The van der Waals surface area contributed by atoms with Crippen LogP contribution in [-0.4, -0.2) is 20.3 Å². The molecule has 0 atom stereocenters. The maximum Gasteiger partial charge on any atom is 0.336 e. The first kappa shape index (κ1) is 13.4. The molecule has 2 aromatic rings. The van der Waals surface area contributed by atoms with E-state index >= 15 is 0 Å². The number of hydrogen-bond donors (Lipinski definition) is 2. The van der Waals surface area contributed by atoms with Crippen LogP contribution in [0.1, 0.15) is 21.5 Å². The molecule has 0 unspecified atom stereocenters. The minimum atomic E-state index is -1.12. The summed E-state index contributed by atoms with van der Waals surface area (Å²) in [5.41, 5.74) is 0.636. The molecule has 1 aromatic carbocycles. The van der Waals surface area contributed by atoms with Crippen molar-refractivity contribution in [1.82, 2.24) is 9.19 Å². The minimum absolute atomic E-state index is 0.0282. The summed E-state index contributed by atoms with van der Waals surface area (Å²) in [6.07, 6.45) is 1.57. The first-order valence-corrected chi connectivity index (χ1v) is 5.79. The molecule has 0 radical (unpaired) electrons. The van der Waals surface area contributed by atoms with Crippen molar-refractivity contribution in [1.29, 1.82) is 0 Å². The number of aromatic nitrogens is 2. The fraction of sp³-hybridized carbons (Fsp3) is 0.167. The summed E-state index contributed by atoms with van der Waals surface area (Å²) in [5, 5.41) is 13.0. The Labute approximate surface area is 114 Å². The van der Waals surface area contributed by atoms with Gasteiger partial charge in [0.1, 0.15) is 13.3 Å². The highest BCUT2D eigenvalue weighted by molar-refractivity contribution is 7.78. The van der Waals surface area contributed by atoms with Gasteiger partial charge in [0.05, 0.1) is 5.56 Å². The summed E-state index contributed by atoms with van der Waals surface area (Å²) in [5.74, 6) is -0.825. The van der Waals surface area contributed by atoms with Crippen LogP contribution < -0.4 is 4.74 Å². The lowest BCUT2D eigenvalue weighted by molar-refractivity contribution is 0.0693. The van der Waals surface area contributed by atoms with Crippen molar-refractivity contribution in [2.24, 2.45) is 0 Å². The molecule has 1 aromatic heterocycles. The number of benzene rings is 1. The second-order valence-corrected chi connectivity index (χ2v) is 4.15. The predicted octanol–water partition coefficient (Wildman–Crippen LogP) is 2.32. The Bertz CT molecular complexity index is 600. The third-order valence-electron chi connectivity index (χ3n) is 2.56. The number of thiol groups is 1. The molecule has 1 N–H and O–H groups in total. The Hall–Kier alpha value is -2.02. The molecule has 0 aliphatic rings. The van der Waals surface area contributed by atoms with Crippen molar-refractivity contribution in [2.75, 3.05) is 0 Å². The molecule has 0 amide bonds. The standard InChI is InChI=1S/C12H11FN2O3S/c13-6-8-2-1-3-9(12(16)17)10(8)7-18-11-4-5-15(19)14-11/h1-5,19H,6-7H2,(H,16,17). The average Bonchev–Trinajstić information content (AvgIpc) is 2.81. The summed E-state index contributed by atoms with van der Waals surface area (Å²) >= 11 is 3.95. The van der Waals surface area contributed by atoms with E-state index in [9.17, 15) is 9.18 Å². The lowest BCUT2D eigenvalue weighted by atomic mass is 10.0. The zero-order valence-electron chi connectivity index (χ0n) is 9.78. The Morgan fingerprint density at radius 1 is 1.47 bits per heavy atom. The molecule has 100 valence electrons. The van der Waals surface area contributed by atoms with Gasteiger partial charge in [-0.1, -0.05) is 12.1 Å². The smallest absolute Gasteiger partial charge is 0.336 e. The summed E-state index contributed by atoms with van der Waals surface area (Å²) in [6, 6.07) is 6.02. The molecule has 0 spiro atoms. The van der Waals surface area contributed by atoms with Crippen LogP contribution in [-0.2, 0) is 13.3 Å². The Morgan fingerprint density at radius 2 is 2.26 bits per heavy atom.